The van der Waals surface area contributed by atoms with Crippen LogP contribution in [-0.4, -0.2) is 43.9 Å². The maximum absolute atomic E-state index is 12.4. The molecule has 0 spiro atoms. The number of nitrogens with one attached hydrogen (secondary N) is 2. The van der Waals surface area contributed by atoms with Gasteiger partial charge in [0.1, 0.15) is 0 Å². The second-order valence-corrected chi connectivity index (χ2v) is 7.80. The lowest BCUT2D eigenvalue weighted by atomic mass is 10.0. The van der Waals surface area contributed by atoms with Crippen LogP contribution in [0.4, 0.5) is 0 Å². The number of hydrogen-bond donors (Lipinski definition) is 2. The fourth-order valence-corrected chi connectivity index (χ4v) is 3.71. The Morgan fingerprint density at radius 3 is 2.37 bits per heavy atom. The van der Waals surface area contributed by atoms with Gasteiger partial charge in [0.15, 0.2) is 0 Å². The summed E-state index contributed by atoms with van der Waals surface area (Å²) in [6, 6.07) is 21.4. The molecule has 1 atom stereocenters. The van der Waals surface area contributed by atoms with Crippen LogP contribution in [-0.2, 0) is 16.0 Å². The minimum atomic E-state index is -0.236. The van der Waals surface area contributed by atoms with Gasteiger partial charge in [0.2, 0.25) is 11.8 Å². The highest BCUT2D eigenvalue weighted by Gasteiger charge is 2.18. The van der Waals surface area contributed by atoms with Gasteiger partial charge in [0, 0.05) is 11.6 Å². The molecule has 0 radical (unpaired) electrons. The normalized spacial score (nSPS) is 12.0. The van der Waals surface area contributed by atoms with Crippen LogP contribution in [0.2, 0.25) is 5.02 Å². The molecule has 3 aromatic rings. The van der Waals surface area contributed by atoms with E-state index in [-0.39, 0.29) is 30.8 Å². The van der Waals surface area contributed by atoms with Crippen molar-refractivity contribution in [2.45, 2.75) is 12.5 Å². The second-order valence-electron chi connectivity index (χ2n) is 7.40. The SMILES string of the molecule is CN(C)[C@@H](CNC(=O)CNC(=O)Cc1cccc2ccccc12)c1ccccc1Cl. The average molecular weight is 424 g/mol. The number of benzene rings is 3. The van der Waals surface area contributed by atoms with Crippen molar-refractivity contribution in [2.75, 3.05) is 27.2 Å². The van der Waals surface area contributed by atoms with Gasteiger partial charge < -0.3 is 15.5 Å². The summed E-state index contributed by atoms with van der Waals surface area (Å²) in [6.45, 7) is 0.334. The molecule has 3 aromatic carbocycles. The summed E-state index contributed by atoms with van der Waals surface area (Å²) in [5.41, 5.74) is 1.89. The summed E-state index contributed by atoms with van der Waals surface area (Å²) < 4.78 is 0. The van der Waals surface area contributed by atoms with Gasteiger partial charge in [-0.15, -0.1) is 0 Å². The number of nitrogens with zero attached hydrogens (tertiary/aromatic N) is 1. The molecule has 3 rings (SSSR count). The van der Waals surface area contributed by atoms with Crippen molar-refractivity contribution in [3.63, 3.8) is 0 Å². The van der Waals surface area contributed by atoms with E-state index in [4.69, 9.17) is 11.6 Å². The molecule has 0 saturated heterocycles. The van der Waals surface area contributed by atoms with Crippen LogP contribution in [0.5, 0.6) is 0 Å². The number of carbonyl (C=O) groups is 2. The molecule has 0 aliphatic carbocycles. The number of likely N-dealkylation sites (N-methyl/N-ethyl adjacent to an activating group) is 1. The fraction of sp³-hybridized carbons (Fsp3) is 0.250. The molecule has 0 aliphatic rings. The van der Waals surface area contributed by atoms with E-state index in [2.05, 4.69) is 10.6 Å². The van der Waals surface area contributed by atoms with Gasteiger partial charge in [-0.2, -0.15) is 0 Å². The highest BCUT2D eigenvalue weighted by molar-refractivity contribution is 6.31. The van der Waals surface area contributed by atoms with Crippen LogP contribution in [0.15, 0.2) is 66.7 Å². The molecule has 5 nitrogen and oxygen atoms in total. The van der Waals surface area contributed by atoms with Crippen molar-refractivity contribution < 1.29 is 9.59 Å². The van der Waals surface area contributed by atoms with Crippen molar-refractivity contribution in [1.82, 2.24) is 15.5 Å². The largest absolute Gasteiger partial charge is 0.353 e. The van der Waals surface area contributed by atoms with Gasteiger partial charge in [-0.1, -0.05) is 72.3 Å². The minimum Gasteiger partial charge on any atom is -0.353 e. The lowest BCUT2D eigenvalue weighted by Crippen LogP contribution is -2.41. The van der Waals surface area contributed by atoms with E-state index >= 15 is 0 Å². The van der Waals surface area contributed by atoms with Crippen LogP contribution in [0.25, 0.3) is 10.8 Å². The highest BCUT2D eigenvalue weighted by Crippen LogP contribution is 2.25. The van der Waals surface area contributed by atoms with Gasteiger partial charge in [-0.25, -0.2) is 0 Å². The third kappa shape index (κ3) is 5.59. The highest BCUT2D eigenvalue weighted by atomic mass is 35.5. The van der Waals surface area contributed by atoms with E-state index in [1.54, 1.807) is 0 Å². The molecule has 0 saturated carbocycles. The molecule has 0 bridgehead atoms. The van der Waals surface area contributed by atoms with Crippen LogP contribution >= 0.6 is 11.6 Å². The quantitative estimate of drug-likeness (QED) is 0.582. The van der Waals surface area contributed by atoms with E-state index in [9.17, 15) is 9.59 Å². The molecule has 0 unspecified atom stereocenters. The van der Waals surface area contributed by atoms with Gasteiger partial charge in [0.05, 0.1) is 19.0 Å². The molecular weight excluding hydrogens is 398 g/mol. The van der Waals surface area contributed by atoms with Gasteiger partial charge in [-0.3, -0.25) is 9.59 Å². The molecule has 156 valence electrons. The standard InChI is InChI=1S/C24H26ClN3O2/c1-28(2)22(20-12-5-6-13-21(20)25)15-26-24(30)16-27-23(29)14-18-10-7-9-17-8-3-4-11-19(17)18/h3-13,22H,14-16H2,1-2H3,(H,26,30)(H,27,29)/t22-/m0/s1. The Morgan fingerprint density at radius 1 is 0.900 bits per heavy atom. The average Bonchev–Trinajstić information content (AvgIpc) is 2.74. The van der Waals surface area contributed by atoms with Gasteiger partial charge in [-0.05, 0) is 42.1 Å². The van der Waals surface area contributed by atoms with Crippen molar-refractivity contribution >= 4 is 34.2 Å². The first-order valence-electron chi connectivity index (χ1n) is 9.86. The van der Waals surface area contributed by atoms with Crippen LogP contribution in [0, 0.1) is 0 Å². The second kappa shape index (κ2) is 10.2. The lowest BCUT2D eigenvalue weighted by Gasteiger charge is -2.26. The topological polar surface area (TPSA) is 61.4 Å². The van der Waals surface area contributed by atoms with Crippen LogP contribution in [0.1, 0.15) is 17.2 Å². The lowest BCUT2D eigenvalue weighted by molar-refractivity contribution is -0.125. The summed E-state index contributed by atoms with van der Waals surface area (Å²) in [5, 5.41) is 8.40. The molecule has 0 aliphatic heterocycles. The third-order valence-corrected chi connectivity index (χ3v) is 5.40. The van der Waals surface area contributed by atoms with Crippen LogP contribution in [0.3, 0.4) is 0 Å². The molecule has 30 heavy (non-hydrogen) atoms. The summed E-state index contributed by atoms with van der Waals surface area (Å²) in [7, 11) is 3.87. The molecule has 2 amide bonds. The summed E-state index contributed by atoms with van der Waals surface area (Å²) in [5.74, 6) is -0.420. The van der Waals surface area contributed by atoms with E-state index in [0.29, 0.717) is 11.6 Å². The minimum absolute atomic E-state index is 0.0611. The van der Waals surface area contributed by atoms with E-state index in [0.717, 1.165) is 21.9 Å². The van der Waals surface area contributed by atoms with Gasteiger partial charge in [0.25, 0.3) is 0 Å². The first-order chi connectivity index (χ1) is 14.5. The fourth-order valence-electron chi connectivity index (χ4n) is 3.45. The zero-order valence-corrected chi connectivity index (χ0v) is 17.9. The Bertz CT molecular complexity index is 1030. The number of hydrogen-bond acceptors (Lipinski definition) is 3. The van der Waals surface area contributed by atoms with Crippen LogP contribution < -0.4 is 10.6 Å². The Hall–Kier alpha value is -2.89. The number of halogens is 1. The first-order valence-corrected chi connectivity index (χ1v) is 10.2. The Labute approximate surface area is 182 Å². The molecule has 6 heteroatoms. The molecule has 0 aromatic heterocycles. The monoisotopic (exact) mass is 423 g/mol. The maximum Gasteiger partial charge on any atom is 0.239 e. The van der Waals surface area contributed by atoms with E-state index < -0.39 is 0 Å². The zero-order chi connectivity index (χ0) is 21.5. The van der Waals surface area contributed by atoms with Crippen molar-refractivity contribution in [3.05, 3.63) is 82.9 Å². The third-order valence-electron chi connectivity index (χ3n) is 5.06. The number of rotatable bonds is 8. The van der Waals surface area contributed by atoms with Crippen molar-refractivity contribution in [1.29, 1.82) is 0 Å². The maximum atomic E-state index is 12.4. The predicted molar refractivity (Wildman–Crippen MR) is 122 cm³/mol. The van der Waals surface area contributed by atoms with E-state index in [1.807, 2.05) is 85.7 Å². The number of fused-ring (bicyclic) bond motifs is 1. The molecular formula is C24H26ClN3O2. The summed E-state index contributed by atoms with van der Waals surface area (Å²) >= 11 is 6.30. The summed E-state index contributed by atoms with van der Waals surface area (Å²) in [6.07, 6.45) is 0.231. The molecule has 0 fully saturated rings. The van der Waals surface area contributed by atoms with Crippen molar-refractivity contribution in [3.8, 4) is 0 Å². The van der Waals surface area contributed by atoms with E-state index in [1.165, 1.54) is 0 Å². The van der Waals surface area contributed by atoms with Gasteiger partial charge >= 0.3 is 0 Å². The molecule has 0 heterocycles. The Morgan fingerprint density at radius 2 is 1.60 bits per heavy atom. The first kappa shape index (κ1) is 21.8. The smallest absolute Gasteiger partial charge is 0.239 e. The van der Waals surface area contributed by atoms with Crippen molar-refractivity contribution in [2.24, 2.45) is 0 Å². The number of carbonyl (C=O) groups excluding carboxylic acids is 2. The molecule has 2 N–H and O–H groups in total. The Kier molecular flexibility index (Phi) is 7.44. The predicted octanol–water partition coefficient (Wildman–Crippen LogP) is 3.57. The Balaban J connectivity index is 1.52. The summed E-state index contributed by atoms with van der Waals surface area (Å²) in [4.78, 5) is 26.6. The zero-order valence-electron chi connectivity index (χ0n) is 17.2. The number of amides is 2.